The van der Waals surface area contributed by atoms with Crippen LogP contribution < -0.4 is 5.56 Å². The molecule has 7 heteroatoms. The fourth-order valence-corrected chi connectivity index (χ4v) is 2.15. The summed E-state index contributed by atoms with van der Waals surface area (Å²) in [4.78, 5) is 22.6. The third kappa shape index (κ3) is 2.84. The van der Waals surface area contributed by atoms with Crippen molar-refractivity contribution in [2.45, 2.75) is 13.0 Å². The molecule has 2 aromatic rings. The summed E-state index contributed by atoms with van der Waals surface area (Å²) in [5.41, 5.74) is 0.482. The Labute approximate surface area is 124 Å². The molecule has 1 heterocycles. The molecule has 104 valence electrons. The molecule has 0 saturated heterocycles. The minimum atomic E-state index is -1.14. The highest BCUT2D eigenvalue weighted by molar-refractivity contribution is 6.36. The van der Waals surface area contributed by atoms with E-state index in [-0.39, 0.29) is 0 Å². The summed E-state index contributed by atoms with van der Waals surface area (Å²) < 4.78 is 0.905. The lowest BCUT2D eigenvalue weighted by atomic mass is 10.1. The molecule has 20 heavy (non-hydrogen) atoms. The maximum Gasteiger partial charge on any atom is 0.328 e. The standard InChI is InChI=1S/C13H10Cl2N2O3/c1-7(13(19)20)17-12(18)5-4-11(16-17)9-3-2-8(14)6-10(9)15/h2-7H,1H3,(H,19,20). The zero-order chi connectivity index (χ0) is 14.9. The number of halogens is 2. The number of carbonyl (C=O) groups is 1. The van der Waals surface area contributed by atoms with Crippen LogP contribution in [0.25, 0.3) is 11.3 Å². The lowest BCUT2D eigenvalue weighted by Gasteiger charge is -2.11. The minimum Gasteiger partial charge on any atom is -0.480 e. The van der Waals surface area contributed by atoms with E-state index < -0.39 is 17.6 Å². The molecule has 0 aliphatic carbocycles. The van der Waals surface area contributed by atoms with Gasteiger partial charge in [0.05, 0.1) is 10.7 Å². The molecule has 0 aliphatic rings. The molecule has 0 fully saturated rings. The van der Waals surface area contributed by atoms with Crippen LogP contribution in [0.3, 0.4) is 0 Å². The molecule has 2 rings (SSSR count). The normalized spacial score (nSPS) is 12.2. The van der Waals surface area contributed by atoms with Crippen molar-refractivity contribution in [3.05, 3.63) is 50.7 Å². The number of carboxylic acids is 1. The average molecular weight is 313 g/mol. The van der Waals surface area contributed by atoms with Crippen molar-refractivity contribution in [2.24, 2.45) is 0 Å². The molecule has 0 spiro atoms. The number of aliphatic carboxylic acids is 1. The Morgan fingerprint density at radius 2 is 2.00 bits per heavy atom. The van der Waals surface area contributed by atoms with Crippen molar-refractivity contribution in [3.8, 4) is 11.3 Å². The summed E-state index contributed by atoms with van der Waals surface area (Å²) >= 11 is 11.9. The van der Waals surface area contributed by atoms with E-state index >= 15 is 0 Å². The smallest absolute Gasteiger partial charge is 0.328 e. The van der Waals surface area contributed by atoms with Crippen LogP contribution in [0.15, 0.2) is 35.1 Å². The van der Waals surface area contributed by atoms with Crippen molar-refractivity contribution in [3.63, 3.8) is 0 Å². The van der Waals surface area contributed by atoms with E-state index in [2.05, 4.69) is 5.10 Å². The van der Waals surface area contributed by atoms with Crippen LogP contribution in [-0.2, 0) is 4.79 Å². The van der Waals surface area contributed by atoms with E-state index in [0.717, 1.165) is 4.68 Å². The van der Waals surface area contributed by atoms with Crippen LogP contribution in [0.5, 0.6) is 0 Å². The van der Waals surface area contributed by atoms with Crippen LogP contribution in [0.1, 0.15) is 13.0 Å². The molecular formula is C13H10Cl2N2O3. The minimum absolute atomic E-state index is 0.373. The fraction of sp³-hybridized carbons (Fsp3) is 0.154. The Kier molecular flexibility index (Phi) is 4.11. The van der Waals surface area contributed by atoms with Crippen LogP contribution in [0, 0.1) is 0 Å². The lowest BCUT2D eigenvalue weighted by Crippen LogP contribution is -2.29. The zero-order valence-electron chi connectivity index (χ0n) is 10.4. The van der Waals surface area contributed by atoms with Gasteiger partial charge in [-0.05, 0) is 31.2 Å². The van der Waals surface area contributed by atoms with Gasteiger partial charge < -0.3 is 5.11 Å². The number of nitrogens with zero attached hydrogens (tertiary/aromatic N) is 2. The summed E-state index contributed by atoms with van der Waals surface area (Å²) in [6.45, 7) is 1.38. The van der Waals surface area contributed by atoms with Crippen molar-refractivity contribution < 1.29 is 9.90 Å². The molecule has 1 aromatic carbocycles. The first kappa shape index (κ1) is 14.6. The van der Waals surface area contributed by atoms with Gasteiger partial charge in [0.25, 0.3) is 5.56 Å². The average Bonchev–Trinajstić information content (AvgIpc) is 2.39. The number of rotatable bonds is 3. The van der Waals surface area contributed by atoms with Gasteiger partial charge in [0.2, 0.25) is 0 Å². The first-order valence-corrected chi connectivity index (χ1v) is 6.44. The maximum atomic E-state index is 11.7. The highest BCUT2D eigenvalue weighted by Gasteiger charge is 2.17. The lowest BCUT2D eigenvalue weighted by molar-refractivity contribution is -0.140. The molecule has 0 amide bonds. The van der Waals surface area contributed by atoms with Gasteiger partial charge in [-0.1, -0.05) is 23.2 Å². The molecular weight excluding hydrogens is 303 g/mol. The number of hydrogen-bond donors (Lipinski definition) is 1. The van der Waals surface area contributed by atoms with Gasteiger partial charge in [0.15, 0.2) is 6.04 Å². The van der Waals surface area contributed by atoms with Gasteiger partial charge >= 0.3 is 5.97 Å². The van der Waals surface area contributed by atoms with E-state index in [1.165, 1.54) is 19.1 Å². The van der Waals surface area contributed by atoms with E-state index in [9.17, 15) is 9.59 Å². The third-order valence-corrected chi connectivity index (χ3v) is 3.30. The Balaban J connectivity index is 2.56. The largest absolute Gasteiger partial charge is 0.480 e. The first-order valence-electron chi connectivity index (χ1n) is 5.68. The van der Waals surface area contributed by atoms with E-state index in [4.69, 9.17) is 28.3 Å². The number of carboxylic acid groups (broad SMARTS) is 1. The van der Waals surface area contributed by atoms with Gasteiger partial charge in [-0.2, -0.15) is 5.10 Å². The SMILES string of the molecule is CC(C(=O)O)n1nc(-c2ccc(Cl)cc2Cl)ccc1=O. The molecule has 0 saturated carbocycles. The van der Waals surface area contributed by atoms with Gasteiger partial charge in [-0.25, -0.2) is 9.48 Å². The van der Waals surface area contributed by atoms with Gasteiger partial charge in [-0.15, -0.1) is 0 Å². The summed E-state index contributed by atoms with van der Waals surface area (Å²) in [6.07, 6.45) is 0. The van der Waals surface area contributed by atoms with Crippen LogP contribution in [-0.4, -0.2) is 20.9 Å². The topological polar surface area (TPSA) is 72.2 Å². The monoisotopic (exact) mass is 312 g/mol. The van der Waals surface area contributed by atoms with E-state index in [1.54, 1.807) is 18.2 Å². The Morgan fingerprint density at radius 3 is 2.60 bits per heavy atom. The summed E-state index contributed by atoms with van der Waals surface area (Å²) in [7, 11) is 0. The molecule has 1 atom stereocenters. The Hall–Kier alpha value is -1.85. The summed E-state index contributed by atoms with van der Waals surface area (Å²) in [5, 5.41) is 13.9. The predicted octanol–water partition coefficient (Wildman–Crippen LogP) is 2.86. The molecule has 0 radical (unpaired) electrons. The highest BCUT2D eigenvalue weighted by Crippen LogP contribution is 2.28. The van der Waals surface area contributed by atoms with E-state index in [0.29, 0.717) is 21.3 Å². The molecule has 1 N–H and O–H groups in total. The molecule has 1 unspecified atom stereocenters. The van der Waals surface area contributed by atoms with Gasteiger partial charge in [-0.3, -0.25) is 4.79 Å². The summed E-state index contributed by atoms with van der Waals surface area (Å²) in [6, 6.07) is 6.53. The maximum absolute atomic E-state index is 11.7. The van der Waals surface area contributed by atoms with Crippen LogP contribution in [0.4, 0.5) is 0 Å². The second-order valence-electron chi connectivity index (χ2n) is 4.14. The predicted molar refractivity (Wildman–Crippen MR) is 76.3 cm³/mol. The van der Waals surface area contributed by atoms with Crippen molar-refractivity contribution >= 4 is 29.2 Å². The highest BCUT2D eigenvalue weighted by atomic mass is 35.5. The fourth-order valence-electron chi connectivity index (χ4n) is 1.65. The molecule has 1 aromatic heterocycles. The van der Waals surface area contributed by atoms with E-state index in [1.807, 2.05) is 0 Å². The Morgan fingerprint density at radius 1 is 1.30 bits per heavy atom. The van der Waals surface area contributed by atoms with Crippen molar-refractivity contribution in [1.29, 1.82) is 0 Å². The van der Waals surface area contributed by atoms with Gasteiger partial charge in [0.1, 0.15) is 0 Å². The van der Waals surface area contributed by atoms with Crippen molar-refractivity contribution in [2.75, 3.05) is 0 Å². The second-order valence-corrected chi connectivity index (χ2v) is 4.98. The van der Waals surface area contributed by atoms with Gasteiger partial charge in [0, 0.05) is 16.7 Å². The van der Waals surface area contributed by atoms with Crippen LogP contribution >= 0.6 is 23.2 Å². The zero-order valence-corrected chi connectivity index (χ0v) is 11.9. The Bertz CT molecular complexity index is 728. The van der Waals surface area contributed by atoms with Crippen LogP contribution in [0.2, 0.25) is 10.0 Å². The summed E-state index contributed by atoms with van der Waals surface area (Å²) in [5.74, 6) is -1.14. The first-order chi connectivity index (χ1) is 9.40. The quantitative estimate of drug-likeness (QED) is 0.946. The third-order valence-electron chi connectivity index (χ3n) is 2.76. The molecule has 0 aliphatic heterocycles. The van der Waals surface area contributed by atoms with Crippen molar-refractivity contribution in [1.82, 2.24) is 9.78 Å². The second kappa shape index (κ2) is 5.64. The number of aromatic nitrogens is 2. The number of benzene rings is 1. The number of hydrogen-bond acceptors (Lipinski definition) is 3. The molecule has 5 nitrogen and oxygen atoms in total. The molecule has 0 bridgehead atoms.